The number of nitrogens with zero attached hydrogens (tertiary/aromatic N) is 1. The van der Waals surface area contributed by atoms with Gasteiger partial charge in [-0.15, -0.1) is 0 Å². The van der Waals surface area contributed by atoms with Crippen molar-refractivity contribution >= 4 is 21.6 Å². The molecule has 0 aromatic heterocycles. The number of nitrogens with one attached hydrogen (secondary N) is 1. The van der Waals surface area contributed by atoms with E-state index in [1.807, 2.05) is 24.3 Å². The predicted octanol–water partition coefficient (Wildman–Crippen LogP) is 3.15. The normalized spacial score (nSPS) is 15.1. The monoisotopic (exact) mass is 386 g/mol. The van der Waals surface area contributed by atoms with Gasteiger partial charge in [-0.25, -0.2) is 8.42 Å². The Labute approximate surface area is 161 Å². The lowest BCUT2D eigenvalue weighted by Crippen LogP contribution is -2.36. The molecule has 2 aromatic rings. The first-order valence-electron chi connectivity index (χ1n) is 9.30. The van der Waals surface area contributed by atoms with Gasteiger partial charge in [-0.05, 0) is 42.4 Å². The quantitative estimate of drug-likeness (QED) is 0.720. The van der Waals surface area contributed by atoms with Crippen molar-refractivity contribution in [2.75, 3.05) is 23.7 Å². The average Bonchev–Trinajstić information content (AvgIpc) is 3.52. The van der Waals surface area contributed by atoms with Crippen LogP contribution in [0.3, 0.4) is 0 Å². The van der Waals surface area contributed by atoms with Crippen LogP contribution in [0.1, 0.15) is 30.7 Å². The van der Waals surface area contributed by atoms with Crippen molar-refractivity contribution in [1.29, 1.82) is 0 Å². The Hall–Kier alpha value is -2.34. The summed E-state index contributed by atoms with van der Waals surface area (Å²) in [6, 6.07) is 19.0. The fraction of sp³-hybridized carbons (Fsp3) is 0.381. The number of benzene rings is 2. The molecule has 1 aliphatic rings. The molecule has 1 atom stereocenters. The third kappa shape index (κ3) is 5.32. The summed E-state index contributed by atoms with van der Waals surface area (Å²) >= 11 is 0. The van der Waals surface area contributed by atoms with Crippen molar-refractivity contribution in [2.45, 2.75) is 25.2 Å². The number of amides is 1. The first-order chi connectivity index (χ1) is 13.0. The fourth-order valence-electron chi connectivity index (χ4n) is 3.28. The number of hydrogen-bond donors (Lipinski definition) is 1. The Morgan fingerprint density at radius 3 is 2.26 bits per heavy atom. The summed E-state index contributed by atoms with van der Waals surface area (Å²) in [4.78, 5) is 12.4. The van der Waals surface area contributed by atoms with E-state index in [4.69, 9.17) is 0 Å². The molecule has 5 nitrogen and oxygen atoms in total. The van der Waals surface area contributed by atoms with Crippen LogP contribution in [0.5, 0.6) is 0 Å². The third-order valence-corrected chi connectivity index (χ3v) is 6.81. The molecule has 0 radical (unpaired) electrons. The molecule has 1 aliphatic carbocycles. The SMILES string of the molecule is CN(c1ccccc1)S(=O)(=O)CCNC(=O)CC(c1ccccc1)C1CC1. The second kappa shape index (κ2) is 8.57. The molecule has 1 amide bonds. The molecule has 0 spiro atoms. The summed E-state index contributed by atoms with van der Waals surface area (Å²) in [5, 5.41) is 2.78. The van der Waals surface area contributed by atoms with E-state index in [2.05, 4.69) is 17.4 Å². The maximum absolute atomic E-state index is 12.4. The van der Waals surface area contributed by atoms with Crippen LogP contribution in [0.4, 0.5) is 5.69 Å². The number of para-hydroxylation sites is 1. The van der Waals surface area contributed by atoms with Gasteiger partial charge in [-0.1, -0.05) is 48.5 Å². The Balaban J connectivity index is 1.51. The van der Waals surface area contributed by atoms with E-state index in [1.54, 1.807) is 24.3 Å². The van der Waals surface area contributed by atoms with Gasteiger partial charge in [-0.3, -0.25) is 9.10 Å². The van der Waals surface area contributed by atoms with E-state index in [-0.39, 0.29) is 24.1 Å². The Morgan fingerprint density at radius 1 is 1.07 bits per heavy atom. The van der Waals surface area contributed by atoms with Crippen LogP contribution >= 0.6 is 0 Å². The van der Waals surface area contributed by atoms with Crippen LogP contribution < -0.4 is 9.62 Å². The summed E-state index contributed by atoms with van der Waals surface area (Å²) in [5.74, 6) is 0.568. The molecule has 0 saturated heterocycles. The van der Waals surface area contributed by atoms with Crippen LogP contribution in [-0.2, 0) is 14.8 Å². The Kier molecular flexibility index (Phi) is 6.16. The maximum Gasteiger partial charge on any atom is 0.236 e. The van der Waals surface area contributed by atoms with Crippen molar-refractivity contribution in [3.05, 3.63) is 66.2 Å². The number of carbonyl (C=O) groups excluding carboxylic acids is 1. The molecule has 1 N–H and O–H groups in total. The summed E-state index contributed by atoms with van der Waals surface area (Å²) in [5.41, 5.74) is 1.80. The molecule has 144 valence electrons. The molecule has 0 aliphatic heterocycles. The summed E-state index contributed by atoms with van der Waals surface area (Å²) in [6.45, 7) is 0.116. The Bertz CT molecular complexity index is 850. The van der Waals surface area contributed by atoms with Crippen LogP contribution in [0.2, 0.25) is 0 Å². The van der Waals surface area contributed by atoms with Crippen LogP contribution in [0.15, 0.2) is 60.7 Å². The molecule has 2 aromatic carbocycles. The number of carbonyl (C=O) groups is 1. The standard InChI is InChI=1S/C21H26N2O3S/c1-23(19-10-6-3-7-11-19)27(25,26)15-14-22-21(24)16-20(18-12-13-18)17-8-4-2-5-9-17/h2-11,18,20H,12-16H2,1H3,(H,22,24). The summed E-state index contributed by atoms with van der Waals surface area (Å²) in [7, 11) is -1.94. The van der Waals surface area contributed by atoms with Crippen LogP contribution in [0, 0.1) is 5.92 Å². The average molecular weight is 387 g/mol. The molecular formula is C21H26N2O3S. The van der Waals surface area contributed by atoms with Gasteiger partial charge in [0.1, 0.15) is 0 Å². The zero-order valence-corrected chi connectivity index (χ0v) is 16.4. The zero-order valence-electron chi connectivity index (χ0n) is 15.5. The van der Waals surface area contributed by atoms with Crippen molar-refractivity contribution < 1.29 is 13.2 Å². The maximum atomic E-state index is 12.4. The molecule has 1 unspecified atom stereocenters. The summed E-state index contributed by atoms with van der Waals surface area (Å²) < 4.78 is 26.2. The molecule has 6 heteroatoms. The van der Waals surface area contributed by atoms with Crippen molar-refractivity contribution in [3.8, 4) is 0 Å². The van der Waals surface area contributed by atoms with E-state index in [1.165, 1.54) is 16.9 Å². The van der Waals surface area contributed by atoms with E-state index in [0.29, 0.717) is 18.0 Å². The van der Waals surface area contributed by atoms with Crippen LogP contribution in [-0.4, -0.2) is 33.7 Å². The molecular weight excluding hydrogens is 360 g/mol. The molecule has 27 heavy (non-hydrogen) atoms. The van der Waals surface area contributed by atoms with Gasteiger partial charge in [0, 0.05) is 20.0 Å². The van der Waals surface area contributed by atoms with Gasteiger partial charge >= 0.3 is 0 Å². The topological polar surface area (TPSA) is 66.5 Å². The summed E-state index contributed by atoms with van der Waals surface area (Å²) in [6.07, 6.45) is 2.72. The highest BCUT2D eigenvalue weighted by atomic mass is 32.2. The lowest BCUT2D eigenvalue weighted by Gasteiger charge is -2.20. The number of hydrogen-bond acceptors (Lipinski definition) is 3. The van der Waals surface area contributed by atoms with E-state index in [9.17, 15) is 13.2 Å². The lowest BCUT2D eigenvalue weighted by molar-refractivity contribution is -0.121. The van der Waals surface area contributed by atoms with Crippen molar-refractivity contribution in [2.24, 2.45) is 5.92 Å². The number of rotatable bonds is 9. The molecule has 1 fully saturated rings. The lowest BCUT2D eigenvalue weighted by atomic mass is 9.91. The van der Waals surface area contributed by atoms with E-state index < -0.39 is 10.0 Å². The largest absolute Gasteiger partial charge is 0.355 e. The van der Waals surface area contributed by atoms with Gasteiger partial charge in [0.25, 0.3) is 0 Å². The second-order valence-electron chi connectivity index (χ2n) is 7.03. The van der Waals surface area contributed by atoms with Crippen molar-refractivity contribution in [3.63, 3.8) is 0 Å². The van der Waals surface area contributed by atoms with Crippen molar-refractivity contribution in [1.82, 2.24) is 5.32 Å². The van der Waals surface area contributed by atoms with Gasteiger partial charge < -0.3 is 5.32 Å². The molecule has 0 heterocycles. The Morgan fingerprint density at radius 2 is 1.67 bits per heavy atom. The minimum atomic E-state index is -3.48. The van der Waals surface area contributed by atoms with Gasteiger partial charge in [0.2, 0.25) is 15.9 Å². The second-order valence-corrected chi connectivity index (χ2v) is 9.15. The number of anilines is 1. The van der Waals surface area contributed by atoms with Gasteiger partial charge in [0.05, 0.1) is 11.4 Å². The first-order valence-corrected chi connectivity index (χ1v) is 10.9. The first kappa shape index (κ1) is 19.4. The van der Waals surface area contributed by atoms with Crippen LogP contribution in [0.25, 0.3) is 0 Å². The highest BCUT2D eigenvalue weighted by molar-refractivity contribution is 7.92. The third-order valence-electron chi connectivity index (χ3n) is 5.04. The minimum absolute atomic E-state index is 0.0895. The van der Waals surface area contributed by atoms with E-state index >= 15 is 0 Å². The van der Waals surface area contributed by atoms with Gasteiger partial charge in [-0.2, -0.15) is 0 Å². The van der Waals surface area contributed by atoms with E-state index in [0.717, 1.165) is 12.8 Å². The smallest absolute Gasteiger partial charge is 0.236 e. The highest BCUT2D eigenvalue weighted by Gasteiger charge is 2.33. The molecule has 0 bridgehead atoms. The molecule has 1 saturated carbocycles. The number of sulfonamides is 1. The predicted molar refractivity (Wildman–Crippen MR) is 108 cm³/mol. The molecule has 3 rings (SSSR count). The highest BCUT2D eigenvalue weighted by Crippen LogP contribution is 2.44. The fourth-order valence-corrected chi connectivity index (χ4v) is 4.36. The zero-order chi connectivity index (χ0) is 19.3. The minimum Gasteiger partial charge on any atom is -0.355 e. The van der Waals surface area contributed by atoms with Gasteiger partial charge in [0.15, 0.2) is 0 Å².